The van der Waals surface area contributed by atoms with Crippen LogP contribution in [0.5, 0.6) is 0 Å². The molecule has 0 saturated carbocycles. The van der Waals surface area contributed by atoms with Crippen molar-refractivity contribution in [1.29, 1.82) is 0 Å². The number of benzene rings is 1. The lowest BCUT2D eigenvalue weighted by Crippen LogP contribution is -2.37. The molecule has 1 aromatic heterocycles. The molecule has 124 valence electrons. The van der Waals surface area contributed by atoms with E-state index >= 15 is 0 Å². The van der Waals surface area contributed by atoms with Crippen LogP contribution in [0.4, 0.5) is 0 Å². The molecule has 6 heteroatoms. The normalized spacial score (nSPS) is 17.0. The van der Waals surface area contributed by atoms with Gasteiger partial charge in [-0.1, -0.05) is 24.3 Å². The lowest BCUT2D eigenvalue weighted by atomic mass is 10.0. The average molecular weight is 343 g/mol. The van der Waals surface area contributed by atoms with Crippen LogP contribution in [0.2, 0.25) is 0 Å². The second-order valence-corrected chi connectivity index (χ2v) is 6.69. The van der Waals surface area contributed by atoms with E-state index in [2.05, 4.69) is 0 Å². The second-order valence-electron chi connectivity index (χ2n) is 5.74. The van der Waals surface area contributed by atoms with Gasteiger partial charge in [0.2, 0.25) is 5.78 Å². The van der Waals surface area contributed by atoms with Crippen LogP contribution in [0.3, 0.4) is 0 Å². The van der Waals surface area contributed by atoms with Gasteiger partial charge in [-0.05, 0) is 30.4 Å². The minimum Gasteiger partial charge on any atom is -0.481 e. The first kappa shape index (κ1) is 16.4. The molecule has 0 bridgehead atoms. The summed E-state index contributed by atoms with van der Waals surface area (Å²) in [4.78, 5) is 38.7. The number of likely N-dealkylation sites (tertiary alicyclic amines) is 1. The SMILES string of the molecule is O=C(O)CC1CCCN1C(=O)c1ccccc1C(=O)c1cccs1. The summed E-state index contributed by atoms with van der Waals surface area (Å²) in [7, 11) is 0. The Bertz CT molecular complexity index is 769. The third-order valence-corrected chi connectivity index (χ3v) is 5.06. The fourth-order valence-electron chi connectivity index (χ4n) is 3.08. The molecule has 1 unspecified atom stereocenters. The lowest BCUT2D eigenvalue weighted by molar-refractivity contribution is -0.137. The van der Waals surface area contributed by atoms with E-state index in [1.807, 2.05) is 5.38 Å². The highest BCUT2D eigenvalue weighted by Gasteiger charge is 2.32. The maximum atomic E-state index is 12.9. The predicted molar refractivity (Wildman–Crippen MR) is 90.5 cm³/mol. The van der Waals surface area contributed by atoms with Crippen LogP contribution in [-0.4, -0.2) is 40.3 Å². The Kier molecular flexibility index (Phi) is 4.76. The molecule has 1 amide bonds. The van der Waals surface area contributed by atoms with Crippen LogP contribution in [0.15, 0.2) is 41.8 Å². The van der Waals surface area contributed by atoms with E-state index in [-0.39, 0.29) is 24.2 Å². The highest BCUT2D eigenvalue weighted by atomic mass is 32.1. The Morgan fingerprint density at radius 1 is 1.12 bits per heavy atom. The van der Waals surface area contributed by atoms with Gasteiger partial charge in [-0.2, -0.15) is 0 Å². The first-order valence-corrected chi connectivity index (χ1v) is 8.66. The van der Waals surface area contributed by atoms with Crippen LogP contribution in [0, 0.1) is 0 Å². The average Bonchev–Trinajstić information content (AvgIpc) is 3.24. The maximum Gasteiger partial charge on any atom is 0.305 e. The molecule has 1 atom stereocenters. The van der Waals surface area contributed by atoms with Gasteiger partial charge in [-0.3, -0.25) is 14.4 Å². The van der Waals surface area contributed by atoms with Gasteiger partial charge in [-0.25, -0.2) is 0 Å². The molecule has 1 fully saturated rings. The Labute approximate surface area is 143 Å². The van der Waals surface area contributed by atoms with Gasteiger partial charge >= 0.3 is 5.97 Å². The third-order valence-electron chi connectivity index (χ3n) is 4.20. The summed E-state index contributed by atoms with van der Waals surface area (Å²) >= 11 is 1.34. The summed E-state index contributed by atoms with van der Waals surface area (Å²) in [5.41, 5.74) is 0.708. The van der Waals surface area contributed by atoms with Gasteiger partial charge < -0.3 is 10.0 Å². The number of rotatable bonds is 5. The van der Waals surface area contributed by atoms with Crippen molar-refractivity contribution in [2.75, 3.05) is 6.54 Å². The Morgan fingerprint density at radius 2 is 1.88 bits per heavy atom. The molecule has 2 aromatic rings. The number of carboxylic acids is 1. The predicted octanol–water partition coefficient (Wildman–Crippen LogP) is 3.06. The smallest absolute Gasteiger partial charge is 0.305 e. The van der Waals surface area contributed by atoms with E-state index in [1.54, 1.807) is 41.3 Å². The monoisotopic (exact) mass is 343 g/mol. The van der Waals surface area contributed by atoms with Crippen molar-refractivity contribution in [1.82, 2.24) is 4.90 Å². The van der Waals surface area contributed by atoms with Crippen LogP contribution in [0.25, 0.3) is 0 Å². The van der Waals surface area contributed by atoms with Crippen molar-refractivity contribution in [3.05, 3.63) is 57.8 Å². The van der Waals surface area contributed by atoms with Gasteiger partial charge in [0.05, 0.1) is 16.9 Å². The first-order valence-electron chi connectivity index (χ1n) is 7.78. The van der Waals surface area contributed by atoms with Crippen molar-refractivity contribution < 1.29 is 19.5 Å². The summed E-state index contributed by atoms with van der Waals surface area (Å²) in [5, 5.41) is 10.8. The summed E-state index contributed by atoms with van der Waals surface area (Å²) in [6, 6.07) is 9.97. The molecule has 3 rings (SSSR count). The van der Waals surface area contributed by atoms with Gasteiger partial charge in [0.25, 0.3) is 5.91 Å². The molecular formula is C18H17NO4S. The highest BCUT2D eigenvalue weighted by molar-refractivity contribution is 7.12. The Balaban J connectivity index is 1.90. The minimum atomic E-state index is -0.914. The van der Waals surface area contributed by atoms with Crippen molar-refractivity contribution in [2.45, 2.75) is 25.3 Å². The molecule has 24 heavy (non-hydrogen) atoms. The van der Waals surface area contributed by atoms with E-state index in [9.17, 15) is 14.4 Å². The largest absolute Gasteiger partial charge is 0.481 e. The molecule has 0 radical (unpaired) electrons. The topological polar surface area (TPSA) is 74.7 Å². The number of amides is 1. The van der Waals surface area contributed by atoms with Crippen molar-refractivity contribution >= 4 is 29.0 Å². The molecule has 2 heterocycles. The first-order chi connectivity index (χ1) is 11.6. The zero-order valence-corrected chi connectivity index (χ0v) is 13.8. The summed E-state index contributed by atoms with van der Waals surface area (Å²) in [5.74, 6) is -1.36. The third kappa shape index (κ3) is 3.23. The molecule has 1 saturated heterocycles. The fraction of sp³-hybridized carbons (Fsp3) is 0.278. The van der Waals surface area contributed by atoms with Crippen LogP contribution >= 0.6 is 11.3 Å². The zero-order chi connectivity index (χ0) is 17.1. The van der Waals surface area contributed by atoms with Crippen LogP contribution in [-0.2, 0) is 4.79 Å². The van der Waals surface area contributed by atoms with Crippen LogP contribution < -0.4 is 0 Å². The number of hydrogen-bond acceptors (Lipinski definition) is 4. The molecular weight excluding hydrogens is 326 g/mol. The van der Waals surface area contributed by atoms with Crippen molar-refractivity contribution in [2.24, 2.45) is 0 Å². The molecule has 1 aromatic carbocycles. The van der Waals surface area contributed by atoms with Crippen molar-refractivity contribution in [3.8, 4) is 0 Å². The minimum absolute atomic E-state index is 0.0627. The number of carbonyl (C=O) groups is 3. The van der Waals surface area contributed by atoms with E-state index < -0.39 is 5.97 Å². The summed E-state index contributed by atoms with van der Waals surface area (Å²) in [6.07, 6.45) is 1.40. The highest BCUT2D eigenvalue weighted by Crippen LogP contribution is 2.25. The molecule has 1 N–H and O–H groups in total. The fourth-order valence-corrected chi connectivity index (χ4v) is 3.76. The van der Waals surface area contributed by atoms with Gasteiger partial charge in [0.1, 0.15) is 0 Å². The van der Waals surface area contributed by atoms with Gasteiger partial charge in [-0.15, -0.1) is 11.3 Å². The second kappa shape index (κ2) is 6.97. The number of ketones is 1. The van der Waals surface area contributed by atoms with E-state index in [1.165, 1.54) is 11.3 Å². The van der Waals surface area contributed by atoms with E-state index in [0.717, 1.165) is 6.42 Å². The molecule has 5 nitrogen and oxygen atoms in total. The van der Waals surface area contributed by atoms with Crippen molar-refractivity contribution in [3.63, 3.8) is 0 Å². The zero-order valence-electron chi connectivity index (χ0n) is 13.0. The van der Waals surface area contributed by atoms with Gasteiger partial charge in [0, 0.05) is 18.2 Å². The number of carboxylic acid groups (broad SMARTS) is 1. The quantitative estimate of drug-likeness (QED) is 0.847. The van der Waals surface area contributed by atoms with Crippen LogP contribution in [0.1, 0.15) is 44.9 Å². The number of carbonyl (C=O) groups excluding carboxylic acids is 2. The number of nitrogens with zero attached hydrogens (tertiary/aromatic N) is 1. The Hall–Kier alpha value is -2.47. The number of thiophene rings is 1. The van der Waals surface area contributed by atoms with E-state index in [4.69, 9.17) is 5.11 Å². The molecule has 0 spiro atoms. The summed E-state index contributed by atoms with van der Waals surface area (Å²) in [6.45, 7) is 0.526. The van der Waals surface area contributed by atoms with E-state index in [0.29, 0.717) is 29.0 Å². The molecule has 1 aliphatic rings. The lowest BCUT2D eigenvalue weighted by Gasteiger charge is -2.24. The molecule has 1 aliphatic heterocycles. The summed E-state index contributed by atoms with van der Waals surface area (Å²) < 4.78 is 0. The Morgan fingerprint density at radius 3 is 2.54 bits per heavy atom. The standard InChI is InChI=1S/C18H17NO4S/c20-16(21)11-12-5-3-9-19(12)18(23)14-7-2-1-6-13(14)17(22)15-8-4-10-24-15/h1-2,4,6-8,10,12H,3,5,9,11H2,(H,20,21). The van der Waals surface area contributed by atoms with Gasteiger partial charge in [0.15, 0.2) is 0 Å². The molecule has 0 aliphatic carbocycles. The maximum absolute atomic E-state index is 12.9. The number of hydrogen-bond donors (Lipinski definition) is 1. The number of aliphatic carboxylic acids is 1.